The number of piperidine rings is 1. The number of aromatic nitrogens is 4. The zero-order chi connectivity index (χ0) is 20.4. The molecule has 29 heavy (non-hydrogen) atoms. The quantitative estimate of drug-likeness (QED) is 0.668. The Morgan fingerprint density at radius 3 is 2.55 bits per heavy atom. The van der Waals surface area contributed by atoms with E-state index >= 15 is 0 Å². The van der Waals surface area contributed by atoms with Crippen LogP contribution in [0.3, 0.4) is 0 Å². The van der Waals surface area contributed by atoms with E-state index < -0.39 is 17.6 Å². The molecule has 0 amide bonds. The maximum Gasteiger partial charge on any atom is 0.451 e. The Labute approximate surface area is 173 Å². The first-order valence-corrected chi connectivity index (χ1v) is 9.08. The molecule has 0 aromatic carbocycles. The Morgan fingerprint density at radius 1 is 1.21 bits per heavy atom. The number of rotatable bonds is 5. The van der Waals surface area contributed by atoms with Gasteiger partial charge in [-0.05, 0) is 45.8 Å². The molecule has 2 aromatic heterocycles. The average Bonchev–Trinajstić information content (AvgIpc) is 2.66. The largest absolute Gasteiger partial charge is 0.451 e. The fourth-order valence-electron chi connectivity index (χ4n) is 3.26. The van der Waals surface area contributed by atoms with Gasteiger partial charge < -0.3 is 15.7 Å². The Balaban J connectivity index is 0.00000300. The van der Waals surface area contributed by atoms with Crippen molar-refractivity contribution < 1.29 is 18.3 Å². The van der Waals surface area contributed by atoms with Crippen LogP contribution in [-0.4, -0.2) is 44.7 Å². The molecule has 11 heteroatoms. The van der Waals surface area contributed by atoms with E-state index in [1.807, 2.05) is 0 Å². The molecule has 2 aromatic rings. The van der Waals surface area contributed by atoms with Crippen LogP contribution < -0.4 is 10.6 Å². The van der Waals surface area contributed by atoms with Gasteiger partial charge in [-0.2, -0.15) is 13.2 Å². The van der Waals surface area contributed by atoms with Crippen molar-refractivity contribution in [2.24, 2.45) is 0 Å². The van der Waals surface area contributed by atoms with E-state index in [1.165, 1.54) is 6.07 Å². The van der Waals surface area contributed by atoms with Crippen molar-refractivity contribution in [3.05, 3.63) is 41.4 Å². The summed E-state index contributed by atoms with van der Waals surface area (Å²) in [7, 11) is 0. The molecular formula is C18H24ClF3N6O. The molecule has 3 heterocycles. The SMILES string of the molecule is Cc1ncc(C(C)(O)CNc2ccnc(C(F)(F)F)n2)c(C2CCNCC2)n1.Cl. The van der Waals surface area contributed by atoms with Gasteiger partial charge in [0.2, 0.25) is 5.82 Å². The zero-order valence-corrected chi connectivity index (χ0v) is 16.9. The maximum absolute atomic E-state index is 12.8. The number of alkyl halides is 3. The molecule has 1 aliphatic rings. The summed E-state index contributed by atoms with van der Waals surface area (Å²) in [5, 5.41) is 17.1. The van der Waals surface area contributed by atoms with Gasteiger partial charge >= 0.3 is 6.18 Å². The maximum atomic E-state index is 12.8. The van der Waals surface area contributed by atoms with Crippen molar-refractivity contribution in [3.8, 4) is 0 Å². The van der Waals surface area contributed by atoms with Crippen LogP contribution in [0.25, 0.3) is 0 Å². The summed E-state index contributed by atoms with van der Waals surface area (Å²) >= 11 is 0. The van der Waals surface area contributed by atoms with E-state index in [4.69, 9.17) is 0 Å². The second-order valence-corrected chi connectivity index (χ2v) is 7.13. The van der Waals surface area contributed by atoms with E-state index in [1.54, 1.807) is 20.0 Å². The molecule has 7 nitrogen and oxygen atoms in total. The molecule has 0 spiro atoms. The minimum absolute atomic E-state index is 0. The molecule has 0 radical (unpaired) electrons. The predicted molar refractivity (Wildman–Crippen MR) is 104 cm³/mol. The third-order valence-electron chi connectivity index (χ3n) is 4.77. The lowest BCUT2D eigenvalue weighted by Crippen LogP contribution is -2.35. The molecule has 0 aliphatic carbocycles. The van der Waals surface area contributed by atoms with Crippen molar-refractivity contribution in [2.45, 2.75) is 44.4 Å². The van der Waals surface area contributed by atoms with Crippen LogP contribution in [0, 0.1) is 6.92 Å². The van der Waals surface area contributed by atoms with Crippen LogP contribution in [-0.2, 0) is 11.8 Å². The molecule has 1 aliphatic heterocycles. The first-order valence-electron chi connectivity index (χ1n) is 9.08. The third-order valence-corrected chi connectivity index (χ3v) is 4.77. The Morgan fingerprint density at radius 2 is 1.90 bits per heavy atom. The molecule has 0 bridgehead atoms. The second kappa shape index (κ2) is 9.19. The van der Waals surface area contributed by atoms with Crippen LogP contribution in [0.4, 0.5) is 19.0 Å². The minimum Gasteiger partial charge on any atom is -0.383 e. The van der Waals surface area contributed by atoms with Crippen molar-refractivity contribution in [2.75, 3.05) is 25.0 Å². The monoisotopic (exact) mass is 432 g/mol. The zero-order valence-electron chi connectivity index (χ0n) is 16.1. The summed E-state index contributed by atoms with van der Waals surface area (Å²) in [5.74, 6) is -0.433. The Hall–Kier alpha value is -2.04. The molecular weight excluding hydrogens is 409 g/mol. The number of aliphatic hydroxyl groups is 1. The lowest BCUT2D eigenvalue weighted by molar-refractivity contribution is -0.144. The fraction of sp³-hybridized carbons (Fsp3) is 0.556. The summed E-state index contributed by atoms with van der Waals surface area (Å²) < 4.78 is 38.3. The number of nitrogens with one attached hydrogen (secondary N) is 2. The summed E-state index contributed by atoms with van der Waals surface area (Å²) in [6.45, 7) is 5.07. The van der Waals surface area contributed by atoms with Crippen LogP contribution in [0.2, 0.25) is 0 Å². The predicted octanol–water partition coefficient (Wildman–Crippen LogP) is 2.80. The van der Waals surface area contributed by atoms with Crippen LogP contribution in [0.1, 0.15) is 48.6 Å². The molecule has 0 saturated carbocycles. The number of hydrogen-bond donors (Lipinski definition) is 3. The summed E-state index contributed by atoms with van der Waals surface area (Å²) in [5.41, 5.74) is -0.0286. The lowest BCUT2D eigenvalue weighted by atomic mass is 9.86. The van der Waals surface area contributed by atoms with Gasteiger partial charge in [0.1, 0.15) is 17.2 Å². The minimum atomic E-state index is -4.63. The summed E-state index contributed by atoms with van der Waals surface area (Å²) in [6, 6.07) is 1.32. The van der Waals surface area contributed by atoms with Gasteiger partial charge in [-0.3, -0.25) is 0 Å². The smallest absolute Gasteiger partial charge is 0.383 e. The molecule has 1 atom stereocenters. The first-order chi connectivity index (χ1) is 13.2. The number of aryl methyl sites for hydroxylation is 1. The second-order valence-electron chi connectivity index (χ2n) is 7.13. The highest BCUT2D eigenvalue weighted by molar-refractivity contribution is 5.85. The van der Waals surface area contributed by atoms with E-state index in [0.717, 1.165) is 37.8 Å². The van der Waals surface area contributed by atoms with Crippen molar-refractivity contribution >= 4 is 18.2 Å². The number of nitrogens with zero attached hydrogens (tertiary/aromatic N) is 4. The van der Waals surface area contributed by atoms with Crippen LogP contribution in [0.15, 0.2) is 18.5 Å². The van der Waals surface area contributed by atoms with E-state index in [-0.39, 0.29) is 30.7 Å². The average molecular weight is 433 g/mol. The van der Waals surface area contributed by atoms with E-state index in [9.17, 15) is 18.3 Å². The highest BCUT2D eigenvalue weighted by Crippen LogP contribution is 2.32. The summed E-state index contributed by atoms with van der Waals surface area (Å²) in [4.78, 5) is 15.5. The normalized spacial score (nSPS) is 17.3. The van der Waals surface area contributed by atoms with Crippen LogP contribution >= 0.6 is 12.4 Å². The lowest BCUT2D eigenvalue weighted by Gasteiger charge is -2.30. The fourth-order valence-corrected chi connectivity index (χ4v) is 3.26. The van der Waals surface area contributed by atoms with E-state index in [0.29, 0.717) is 11.4 Å². The standard InChI is InChI=1S/C18H23F3N6O.ClH/c1-11-24-9-13(15(26-11)12-3-6-22-7-4-12)17(2,28)10-25-14-5-8-23-16(27-14)18(19,20)21;/h5,8-9,12,22,28H,3-4,6-7,10H2,1-2H3,(H,23,25,27);1H. The van der Waals surface area contributed by atoms with Crippen molar-refractivity contribution in [1.29, 1.82) is 0 Å². The molecule has 160 valence electrons. The Bertz CT molecular complexity index is 827. The van der Waals surface area contributed by atoms with Crippen molar-refractivity contribution in [1.82, 2.24) is 25.3 Å². The number of hydrogen-bond acceptors (Lipinski definition) is 7. The highest BCUT2D eigenvalue weighted by atomic mass is 35.5. The molecule has 1 saturated heterocycles. The topological polar surface area (TPSA) is 95.9 Å². The van der Waals surface area contributed by atoms with Gasteiger partial charge in [-0.1, -0.05) is 0 Å². The van der Waals surface area contributed by atoms with Crippen LogP contribution in [0.5, 0.6) is 0 Å². The van der Waals surface area contributed by atoms with Gasteiger partial charge in [0, 0.05) is 30.4 Å². The molecule has 1 fully saturated rings. The third kappa shape index (κ3) is 5.74. The van der Waals surface area contributed by atoms with Crippen molar-refractivity contribution in [3.63, 3.8) is 0 Å². The van der Waals surface area contributed by atoms with Gasteiger partial charge in [-0.25, -0.2) is 19.9 Å². The summed E-state index contributed by atoms with van der Waals surface area (Å²) in [6.07, 6.45) is -0.209. The molecule has 3 N–H and O–H groups in total. The number of anilines is 1. The van der Waals surface area contributed by atoms with Gasteiger partial charge in [0.25, 0.3) is 0 Å². The van der Waals surface area contributed by atoms with Gasteiger partial charge in [-0.15, -0.1) is 12.4 Å². The molecule has 3 rings (SSSR count). The van der Waals surface area contributed by atoms with E-state index in [2.05, 4.69) is 30.6 Å². The highest BCUT2D eigenvalue weighted by Gasteiger charge is 2.35. The molecule has 1 unspecified atom stereocenters. The van der Waals surface area contributed by atoms with Gasteiger partial charge in [0.15, 0.2) is 0 Å². The Kier molecular flexibility index (Phi) is 7.36. The number of halogens is 4. The van der Waals surface area contributed by atoms with Gasteiger partial charge in [0.05, 0.1) is 5.69 Å². The first kappa shape index (κ1) is 23.2.